The summed E-state index contributed by atoms with van der Waals surface area (Å²) in [7, 11) is 0. The van der Waals surface area contributed by atoms with Crippen LogP contribution in [0.3, 0.4) is 0 Å². The average molecular weight is 339 g/mol. The zero-order chi connectivity index (χ0) is 0. The fraction of sp³-hybridized carbons (Fsp3) is 0. The maximum absolute atomic E-state index is 0. The molecule has 3 nitrogen and oxygen atoms in total. The second-order valence-electron chi connectivity index (χ2n) is 0. The summed E-state index contributed by atoms with van der Waals surface area (Å²) in [6.07, 6.45) is 0. The van der Waals surface area contributed by atoms with E-state index in [0.717, 1.165) is 0 Å². The van der Waals surface area contributed by atoms with E-state index in [0.29, 0.717) is 0 Å². The van der Waals surface area contributed by atoms with Gasteiger partial charge < -0.3 is 16.4 Å². The monoisotopic (exact) mass is 339 g/mol. The molecule has 5 heavy (non-hydrogen) atoms. The third-order valence-corrected chi connectivity index (χ3v) is 0. The fourth-order valence-corrected chi connectivity index (χ4v) is 0. The van der Waals surface area contributed by atoms with Crippen molar-refractivity contribution in [1.82, 2.24) is 0 Å². The van der Waals surface area contributed by atoms with E-state index < -0.39 is 0 Å². The quantitative estimate of drug-likeness (QED) is 0.577. The minimum absolute atomic E-state index is 0. The average Bonchev–Trinajstić information content (AvgIpc) is 0. The predicted molar refractivity (Wildman–Crippen MR) is 2.06 cm³/mol. The van der Waals surface area contributed by atoms with E-state index in [2.05, 4.69) is 0 Å². The molecule has 0 N–H and O–H groups in total. The van der Waals surface area contributed by atoms with Crippen LogP contribution in [-0.2, 0) is 33.2 Å². The molecule has 0 amide bonds. The molecule has 31 valence electrons. The zero-order valence-electron chi connectivity index (χ0n) is 2.06. The van der Waals surface area contributed by atoms with Crippen molar-refractivity contribution in [2.24, 2.45) is 0 Å². The van der Waals surface area contributed by atoms with Gasteiger partial charge in [0.1, 0.15) is 0 Å². The van der Waals surface area contributed by atoms with E-state index in [4.69, 9.17) is 0 Å². The first-order valence-electron chi connectivity index (χ1n) is 0. The molecule has 0 saturated heterocycles. The molecule has 0 aromatic rings. The SMILES string of the molecule is [Co+2].[O-2].[O-2].[O-2].[Th+4]. The largest absolute Gasteiger partial charge is 4.00 e. The van der Waals surface area contributed by atoms with Crippen LogP contribution in [0.25, 0.3) is 0 Å². The first kappa shape index (κ1) is 74.8. The first-order valence-corrected chi connectivity index (χ1v) is 0. The molecule has 5 heteroatoms. The molecule has 0 heterocycles. The van der Waals surface area contributed by atoms with Gasteiger partial charge in [0, 0.05) is 0 Å². The van der Waals surface area contributed by atoms with Crippen LogP contribution in [0.1, 0.15) is 0 Å². The Balaban J connectivity index is 0. The molecule has 1 radical (unpaired) electrons. The van der Waals surface area contributed by atoms with E-state index in [9.17, 15) is 0 Å². The minimum atomic E-state index is 0. The van der Waals surface area contributed by atoms with Gasteiger partial charge in [0.25, 0.3) is 0 Å². The molecule has 0 aliphatic rings. The zero-order valence-corrected chi connectivity index (χ0v) is 7.21. The maximum Gasteiger partial charge on any atom is 4.00 e. The Hall–Kier alpha value is 1.71. The molecule has 0 unspecified atom stereocenters. The van der Waals surface area contributed by atoms with Crippen molar-refractivity contribution in [1.29, 1.82) is 0 Å². The van der Waals surface area contributed by atoms with Gasteiger partial charge in [-0.05, 0) is 0 Å². The van der Waals surface area contributed by atoms with Crippen molar-refractivity contribution in [3.63, 3.8) is 0 Å². The Morgan fingerprint density at radius 2 is 0.600 bits per heavy atom. The van der Waals surface area contributed by atoms with Gasteiger partial charge in [-0.25, -0.2) is 0 Å². The second kappa shape index (κ2) is 43.3. The van der Waals surface area contributed by atoms with Crippen LogP contribution in [0.15, 0.2) is 0 Å². The third-order valence-electron chi connectivity index (χ3n) is 0. The second-order valence-corrected chi connectivity index (χ2v) is 0. The summed E-state index contributed by atoms with van der Waals surface area (Å²) in [6.45, 7) is 0. The number of hydrogen-bond donors (Lipinski definition) is 0. The fourth-order valence-electron chi connectivity index (χ4n) is 0. The van der Waals surface area contributed by atoms with Gasteiger partial charge in [-0.3, -0.25) is 0 Å². The van der Waals surface area contributed by atoms with Crippen molar-refractivity contribution in [3.8, 4) is 0 Å². The Bertz CT molecular complexity index is 6.85. The predicted octanol–water partition coefficient (Wildman–Crippen LogP) is -0.359. The van der Waals surface area contributed by atoms with Gasteiger partial charge >= 0.3 is 56.7 Å². The Kier molecular flexibility index (Phi) is 647. The van der Waals surface area contributed by atoms with Crippen LogP contribution in [0.2, 0.25) is 0 Å². The third kappa shape index (κ3) is 26.9. The normalized spacial score (nSPS) is 0. The summed E-state index contributed by atoms with van der Waals surface area (Å²) in [5.74, 6) is 0. The standard InChI is InChI=1S/Co.3O.Th/q+2;3*-2;+4. The molecular weight excluding hydrogens is 339 g/mol. The van der Waals surface area contributed by atoms with E-state index in [1.807, 2.05) is 0 Å². The molecule has 0 rings (SSSR count). The van der Waals surface area contributed by atoms with Crippen LogP contribution >= 0.6 is 0 Å². The Morgan fingerprint density at radius 1 is 0.600 bits per heavy atom. The maximum atomic E-state index is 0. The van der Waals surface area contributed by atoms with Gasteiger partial charge in [0.05, 0.1) is 0 Å². The number of hydrogen-bond acceptors (Lipinski definition) is 0. The molecule has 0 bridgehead atoms. The first-order chi connectivity index (χ1) is 0. The Labute approximate surface area is 72.3 Å². The summed E-state index contributed by atoms with van der Waals surface area (Å²) < 4.78 is 0. The minimum Gasteiger partial charge on any atom is -2.00 e. The van der Waals surface area contributed by atoms with Crippen LogP contribution in [0.5, 0.6) is 0 Å². The molecule has 0 aliphatic heterocycles. The molecule has 0 atom stereocenters. The van der Waals surface area contributed by atoms with Gasteiger partial charge in [-0.1, -0.05) is 0 Å². The van der Waals surface area contributed by atoms with E-state index >= 15 is 0 Å². The van der Waals surface area contributed by atoms with Crippen LogP contribution in [0.4, 0.5) is 0 Å². The van der Waals surface area contributed by atoms with E-state index in [1.165, 1.54) is 0 Å². The molecule has 0 aromatic heterocycles. The molecule has 0 fully saturated rings. The summed E-state index contributed by atoms with van der Waals surface area (Å²) in [4.78, 5) is 0. The van der Waals surface area contributed by atoms with Crippen molar-refractivity contribution >= 4 is 0 Å². The summed E-state index contributed by atoms with van der Waals surface area (Å²) >= 11 is 0. The van der Waals surface area contributed by atoms with Gasteiger partial charge in [-0.2, -0.15) is 0 Å². The summed E-state index contributed by atoms with van der Waals surface area (Å²) in [6, 6.07) is 0. The summed E-state index contributed by atoms with van der Waals surface area (Å²) in [5, 5.41) is 0. The Morgan fingerprint density at radius 3 is 0.600 bits per heavy atom. The van der Waals surface area contributed by atoms with Crippen LogP contribution in [0, 0.1) is 39.9 Å². The van der Waals surface area contributed by atoms with Gasteiger partial charge in [0.15, 0.2) is 0 Å². The molecular formula is CoO3Th. The van der Waals surface area contributed by atoms with Gasteiger partial charge in [-0.15, -0.1) is 0 Å². The van der Waals surface area contributed by atoms with Crippen LogP contribution < -0.4 is 0 Å². The smallest absolute Gasteiger partial charge is 2.00 e. The molecule has 0 aliphatic carbocycles. The molecule has 0 aromatic carbocycles. The van der Waals surface area contributed by atoms with Crippen molar-refractivity contribution in [2.45, 2.75) is 0 Å². The van der Waals surface area contributed by atoms with Crippen molar-refractivity contribution in [2.75, 3.05) is 0 Å². The summed E-state index contributed by atoms with van der Waals surface area (Å²) in [5.41, 5.74) is 0. The molecule has 0 spiro atoms. The molecule has 0 saturated carbocycles. The van der Waals surface area contributed by atoms with Gasteiger partial charge in [0.2, 0.25) is 0 Å². The van der Waals surface area contributed by atoms with E-state index in [1.54, 1.807) is 0 Å². The van der Waals surface area contributed by atoms with Crippen molar-refractivity contribution in [3.05, 3.63) is 0 Å². The van der Waals surface area contributed by atoms with E-state index in [-0.39, 0.29) is 73.1 Å². The van der Waals surface area contributed by atoms with Crippen molar-refractivity contribution < 1.29 is 73.1 Å². The van der Waals surface area contributed by atoms with Crippen LogP contribution in [-0.4, -0.2) is 0 Å². The number of rotatable bonds is 0. The topological polar surface area (TPSA) is 85.5 Å².